The van der Waals surface area contributed by atoms with Crippen LogP contribution in [0.5, 0.6) is 17.2 Å². The van der Waals surface area contributed by atoms with E-state index in [1.54, 1.807) is 0 Å². The molecule has 6 aromatic carbocycles. The third-order valence-electron chi connectivity index (χ3n) is 14.7. The summed E-state index contributed by atoms with van der Waals surface area (Å²) in [5.41, 5.74) is 18.1. The van der Waals surface area contributed by atoms with E-state index in [1.165, 1.54) is 66.8 Å². The molecular weight excluding hydrogens is 960 g/mol. The highest BCUT2D eigenvalue weighted by molar-refractivity contribution is 7.49. The van der Waals surface area contributed by atoms with E-state index in [4.69, 9.17) is 13.6 Å². The molecule has 0 heterocycles. The first-order valence-corrected chi connectivity index (χ1v) is 29.7. The molecule has 0 bridgehead atoms. The van der Waals surface area contributed by atoms with Crippen molar-refractivity contribution in [2.24, 2.45) is 0 Å². The summed E-state index contributed by atoms with van der Waals surface area (Å²) in [7, 11) is -4.42. The average Bonchev–Trinajstić information content (AvgIpc) is 3.25. The number of rotatable bonds is 9. The number of phosphoric acid groups is 1. The second-order valence-electron chi connectivity index (χ2n) is 31.3. The van der Waals surface area contributed by atoms with Crippen LogP contribution in [-0.2, 0) is 53.3 Å². The van der Waals surface area contributed by atoms with Crippen LogP contribution in [0.25, 0.3) is 33.4 Å². The zero-order valence-corrected chi connectivity index (χ0v) is 53.9. The summed E-state index contributed by atoms with van der Waals surface area (Å²) in [6, 6.07) is 37.4. The summed E-state index contributed by atoms with van der Waals surface area (Å²) in [4.78, 5) is 0. The van der Waals surface area contributed by atoms with E-state index < -0.39 is 7.82 Å². The Kier molecular flexibility index (Phi) is 16.3. The van der Waals surface area contributed by atoms with Crippen LogP contribution in [0.15, 0.2) is 109 Å². The topological polar surface area (TPSA) is 44.8 Å². The molecule has 0 aromatic heterocycles. The first kappa shape index (κ1) is 61.2. The van der Waals surface area contributed by atoms with Crippen LogP contribution >= 0.6 is 7.82 Å². The fourth-order valence-electron chi connectivity index (χ4n) is 11.6. The first-order chi connectivity index (χ1) is 34.7. The Bertz CT molecular complexity index is 2780. The molecule has 0 spiro atoms. The molecule has 0 unspecified atom stereocenters. The van der Waals surface area contributed by atoms with E-state index >= 15 is 4.57 Å². The fourth-order valence-corrected chi connectivity index (χ4v) is 12.9. The normalized spacial score (nSPS) is 13.7. The minimum absolute atomic E-state index is 0.0354. The molecule has 0 atom stereocenters. The van der Waals surface area contributed by atoms with Crippen molar-refractivity contribution in [3.05, 3.63) is 159 Å². The van der Waals surface area contributed by atoms with Crippen molar-refractivity contribution in [2.45, 2.75) is 236 Å². The second kappa shape index (κ2) is 20.6. The fraction of sp³-hybridized carbons (Fsp3) is 0.500. The van der Waals surface area contributed by atoms with Gasteiger partial charge >= 0.3 is 7.82 Å². The molecule has 0 saturated heterocycles. The van der Waals surface area contributed by atoms with E-state index in [2.05, 4.69) is 260 Å². The number of hydrogen-bond acceptors (Lipinski definition) is 4. The van der Waals surface area contributed by atoms with Gasteiger partial charge in [-0.15, -0.1) is 0 Å². The average molecular weight is 1060 g/mol. The number of hydrogen-bond donors (Lipinski definition) is 0. The van der Waals surface area contributed by atoms with Crippen molar-refractivity contribution in [2.75, 3.05) is 0 Å². The molecule has 6 aromatic rings. The van der Waals surface area contributed by atoms with E-state index in [0.29, 0.717) is 17.2 Å². The zero-order chi connectivity index (χ0) is 58.2. The smallest absolute Gasteiger partial charge is 0.386 e. The Morgan fingerprint density at radius 3 is 0.571 bits per heavy atom. The van der Waals surface area contributed by atoms with Crippen molar-refractivity contribution in [1.29, 1.82) is 0 Å². The Balaban J connectivity index is 1.47. The SMILES string of the molecule is CC(C)(C)c1ccc(-c2ccc(OP(=O)(Oc3ccc(-c4ccc(C(C)(C)C)c(C(C)(C)C)c4C(C)(C)C)cc3)Oc3ccc(-c4ccc(C(C)(C)C)c(C(C)(C)C)c4C(C)(C)C)cc3)cc2)c(C(C)(C)C)c1C(C)(C)C. The van der Waals surface area contributed by atoms with Gasteiger partial charge in [0.15, 0.2) is 0 Å². The van der Waals surface area contributed by atoms with Crippen LogP contribution in [0.3, 0.4) is 0 Å². The summed E-state index contributed by atoms with van der Waals surface area (Å²) in [5.74, 6) is 1.12. The third kappa shape index (κ3) is 13.7. The van der Waals surface area contributed by atoms with E-state index in [0.717, 1.165) is 16.7 Å². The molecule has 6 rings (SSSR count). The van der Waals surface area contributed by atoms with E-state index in [9.17, 15) is 0 Å². The molecule has 0 amide bonds. The summed E-state index contributed by atoms with van der Waals surface area (Å²) in [5, 5.41) is 0. The lowest BCUT2D eigenvalue weighted by atomic mass is 9.67. The van der Waals surface area contributed by atoms with Gasteiger partial charge in [-0.05, 0) is 169 Å². The van der Waals surface area contributed by atoms with Gasteiger partial charge in [-0.3, -0.25) is 0 Å². The van der Waals surface area contributed by atoms with Gasteiger partial charge in [0.25, 0.3) is 0 Å². The summed E-state index contributed by atoms with van der Waals surface area (Å²) < 4.78 is 35.1. The standard InChI is InChI=1S/C72H99O4P/c1-64(2,3)55-43-40-52(58(67(10,11)12)61(55)70(19,20)21)46-28-34-49(35-29-46)74-77(73,75-50-36-30-47(31-37-50)53-41-44-56(65(4,5)6)62(71(22,23)24)59(53)68(13,14)15)76-51-38-32-48(33-39-51)54-42-45-57(66(7,8)9)63(72(25,26)27)60(54)69(16,17)18/h28-45H,1-27H3. The monoisotopic (exact) mass is 1060 g/mol. The third-order valence-corrected chi connectivity index (χ3v) is 16.0. The molecule has 5 heteroatoms. The van der Waals surface area contributed by atoms with Crippen molar-refractivity contribution < 1.29 is 18.1 Å². The largest absolute Gasteiger partial charge is 0.647 e. The Hall–Kier alpha value is -5.05. The maximum absolute atomic E-state index is 15.5. The van der Waals surface area contributed by atoms with Gasteiger partial charge in [-0.1, -0.05) is 260 Å². The lowest BCUT2D eigenvalue weighted by Crippen LogP contribution is -2.28. The van der Waals surface area contributed by atoms with Gasteiger partial charge in [0.05, 0.1) is 0 Å². The lowest BCUT2D eigenvalue weighted by Gasteiger charge is -2.38. The van der Waals surface area contributed by atoms with E-state index in [-0.39, 0.29) is 48.7 Å². The van der Waals surface area contributed by atoms with Crippen LogP contribution in [0, 0.1) is 0 Å². The van der Waals surface area contributed by atoms with Gasteiger partial charge in [-0.25, -0.2) is 0 Å². The van der Waals surface area contributed by atoms with Gasteiger partial charge in [0, 0.05) is 0 Å². The van der Waals surface area contributed by atoms with Crippen molar-refractivity contribution in [3.8, 4) is 50.6 Å². The minimum atomic E-state index is -4.42. The Morgan fingerprint density at radius 1 is 0.234 bits per heavy atom. The van der Waals surface area contributed by atoms with E-state index in [1.807, 2.05) is 36.4 Å². The van der Waals surface area contributed by atoms with Crippen molar-refractivity contribution >= 4 is 7.82 Å². The van der Waals surface area contributed by atoms with Crippen molar-refractivity contribution in [1.82, 2.24) is 0 Å². The van der Waals surface area contributed by atoms with Gasteiger partial charge in [0.1, 0.15) is 17.2 Å². The predicted octanol–water partition coefficient (Wildman–Crippen LogP) is 22.0. The molecule has 0 aliphatic rings. The molecule has 0 radical (unpaired) electrons. The molecule has 4 nitrogen and oxygen atoms in total. The highest BCUT2D eigenvalue weighted by Gasteiger charge is 2.39. The van der Waals surface area contributed by atoms with Crippen LogP contribution in [-0.4, -0.2) is 0 Å². The lowest BCUT2D eigenvalue weighted by molar-refractivity contribution is 0.298. The number of benzene rings is 6. The minimum Gasteiger partial charge on any atom is -0.386 e. The number of phosphoric ester groups is 1. The van der Waals surface area contributed by atoms with Crippen LogP contribution in [0.4, 0.5) is 0 Å². The summed E-state index contributed by atoms with van der Waals surface area (Å²) >= 11 is 0. The molecular formula is C72H99O4P. The molecule has 416 valence electrons. The first-order valence-electron chi connectivity index (χ1n) is 28.3. The van der Waals surface area contributed by atoms with Crippen LogP contribution in [0.1, 0.15) is 237 Å². The highest BCUT2D eigenvalue weighted by atomic mass is 31.2. The Labute approximate surface area is 469 Å². The maximum Gasteiger partial charge on any atom is 0.647 e. The quantitative estimate of drug-likeness (QED) is 0.135. The summed E-state index contributed by atoms with van der Waals surface area (Å²) in [6.45, 7) is 62.3. The molecule has 0 N–H and O–H groups in total. The maximum atomic E-state index is 15.5. The molecule has 0 fully saturated rings. The second-order valence-corrected chi connectivity index (χ2v) is 32.7. The van der Waals surface area contributed by atoms with Crippen LogP contribution in [0.2, 0.25) is 0 Å². The summed E-state index contributed by atoms with van der Waals surface area (Å²) in [6.07, 6.45) is 0. The Morgan fingerprint density at radius 2 is 0.416 bits per heavy atom. The zero-order valence-electron chi connectivity index (χ0n) is 53.0. The molecule has 77 heavy (non-hydrogen) atoms. The van der Waals surface area contributed by atoms with Gasteiger partial charge in [-0.2, -0.15) is 4.57 Å². The molecule has 0 aliphatic carbocycles. The van der Waals surface area contributed by atoms with Gasteiger partial charge < -0.3 is 13.6 Å². The molecule has 0 saturated carbocycles. The molecule has 0 aliphatic heterocycles. The van der Waals surface area contributed by atoms with Crippen molar-refractivity contribution in [3.63, 3.8) is 0 Å². The highest BCUT2D eigenvalue weighted by Crippen LogP contribution is 2.53. The predicted molar refractivity (Wildman–Crippen MR) is 333 cm³/mol. The van der Waals surface area contributed by atoms with Crippen LogP contribution < -0.4 is 13.6 Å². The van der Waals surface area contributed by atoms with Gasteiger partial charge in [0.2, 0.25) is 0 Å².